The molecule has 0 amide bonds. The minimum atomic E-state index is -0.192. The Morgan fingerprint density at radius 2 is 2.05 bits per heavy atom. The van der Waals surface area contributed by atoms with Crippen LogP contribution in [0.25, 0.3) is 11.3 Å². The maximum absolute atomic E-state index is 13.6. The number of fused-ring (bicyclic) bond motifs is 1. The fraction of sp³-hybridized carbons (Fsp3) is 0.500. The molecule has 0 unspecified atom stereocenters. The van der Waals surface area contributed by atoms with Gasteiger partial charge in [-0.05, 0) is 25.0 Å². The Morgan fingerprint density at radius 1 is 1.18 bits per heavy atom. The minimum Gasteiger partial charge on any atom is -0.312 e. The second-order valence-electron chi connectivity index (χ2n) is 6.45. The van der Waals surface area contributed by atoms with E-state index in [-0.39, 0.29) is 5.82 Å². The van der Waals surface area contributed by atoms with Gasteiger partial charge in [0.1, 0.15) is 5.82 Å². The van der Waals surface area contributed by atoms with Crippen LogP contribution in [0.4, 0.5) is 4.39 Å². The van der Waals surface area contributed by atoms with Crippen LogP contribution in [-0.2, 0) is 13.0 Å². The maximum Gasteiger partial charge on any atom is 0.123 e. The molecular weight excluding hydrogens is 277 g/mol. The number of halogens is 1. The van der Waals surface area contributed by atoms with Crippen LogP contribution in [-0.4, -0.2) is 16.3 Å². The molecule has 0 radical (unpaired) electrons. The Hall–Kier alpha value is -1.68. The molecule has 116 valence electrons. The summed E-state index contributed by atoms with van der Waals surface area (Å²) < 4.78 is 15.9. The highest BCUT2D eigenvalue weighted by Crippen LogP contribution is 2.34. The lowest BCUT2D eigenvalue weighted by Gasteiger charge is -2.25. The molecule has 22 heavy (non-hydrogen) atoms. The second kappa shape index (κ2) is 5.84. The van der Waals surface area contributed by atoms with E-state index in [0.717, 1.165) is 30.8 Å². The van der Waals surface area contributed by atoms with Gasteiger partial charge < -0.3 is 5.32 Å². The van der Waals surface area contributed by atoms with E-state index < -0.39 is 0 Å². The molecule has 0 atom stereocenters. The third-order valence-corrected chi connectivity index (χ3v) is 4.98. The molecule has 0 saturated heterocycles. The zero-order chi connectivity index (χ0) is 14.9. The van der Waals surface area contributed by atoms with Crippen molar-refractivity contribution in [2.75, 3.05) is 6.54 Å². The predicted molar refractivity (Wildman–Crippen MR) is 85.2 cm³/mol. The molecule has 2 aliphatic rings. The molecule has 1 aliphatic carbocycles. The van der Waals surface area contributed by atoms with E-state index in [1.165, 1.54) is 49.4 Å². The monoisotopic (exact) mass is 299 g/mol. The zero-order valence-corrected chi connectivity index (χ0v) is 12.8. The molecule has 1 aromatic carbocycles. The summed E-state index contributed by atoms with van der Waals surface area (Å²) >= 11 is 0. The van der Waals surface area contributed by atoms with Crippen LogP contribution in [0.15, 0.2) is 24.3 Å². The summed E-state index contributed by atoms with van der Waals surface area (Å²) in [6.45, 7) is 1.85. The van der Waals surface area contributed by atoms with Crippen molar-refractivity contribution in [2.45, 2.75) is 51.1 Å². The van der Waals surface area contributed by atoms with Gasteiger partial charge in [-0.15, -0.1) is 0 Å². The first-order valence-corrected chi connectivity index (χ1v) is 8.40. The Labute approximate surface area is 130 Å². The van der Waals surface area contributed by atoms with Gasteiger partial charge in [-0.3, -0.25) is 4.68 Å². The summed E-state index contributed by atoms with van der Waals surface area (Å²) in [4.78, 5) is 0. The van der Waals surface area contributed by atoms with Gasteiger partial charge >= 0.3 is 0 Å². The van der Waals surface area contributed by atoms with Crippen LogP contribution in [0.1, 0.15) is 49.4 Å². The number of rotatable bonds is 2. The van der Waals surface area contributed by atoms with Crippen molar-refractivity contribution in [1.82, 2.24) is 15.1 Å². The second-order valence-corrected chi connectivity index (χ2v) is 6.45. The van der Waals surface area contributed by atoms with Crippen LogP contribution in [0.5, 0.6) is 0 Å². The normalized spacial score (nSPS) is 19.1. The average molecular weight is 299 g/mol. The molecule has 4 heteroatoms. The molecule has 1 N–H and O–H groups in total. The lowest BCUT2D eigenvalue weighted by Crippen LogP contribution is -2.26. The van der Waals surface area contributed by atoms with Crippen molar-refractivity contribution >= 4 is 0 Å². The minimum absolute atomic E-state index is 0.192. The van der Waals surface area contributed by atoms with Crippen LogP contribution < -0.4 is 5.32 Å². The van der Waals surface area contributed by atoms with Gasteiger partial charge in [0.05, 0.1) is 11.7 Å². The van der Waals surface area contributed by atoms with E-state index in [1.807, 2.05) is 6.07 Å². The van der Waals surface area contributed by atoms with Crippen LogP contribution in [0, 0.1) is 5.82 Å². The molecule has 1 saturated carbocycles. The van der Waals surface area contributed by atoms with Crippen LogP contribution in [0.2, 0.25) is 0 Å². The van der Waals surface area contributed by atoms with Gasteiger partial charge in [-0.25, -0.2) is 4.39 Å². The molecule has 3 nitrogen and oxygen atoms in total. The molecule has 2 heterocycles. The number of hydrogen-bond acceptors (Lipinski definition) is 2. The van der Waals surface area contributed by atoms with Crippen LogP contribution >= 0.6 is 0 Å². The van der Waals surface area contributed by atoms with Gasteiger partial charge in [-0.1, -0.05) is 31.4 Å². The molecule has 0 bridgehead atoms. The maximum atomic E-state index is 13.6. The summed E-state index contributed by atoms with van der Waals surface area (Å²) in [5, 5.41) is 8.37. The summed E-state index contributed by atoms with van der Waals surface area (Å²) in [7, 11) is 0. The Kier molecular flexibility index (Phi) is 3.70. The number of aromatic nitrogens is 2. The molecule has 1 fully saturated rings. The standard InChI is InChI=1S/C18H22FN3/c19-14-6-4-5-13(11-14)18-16-12-20-10-9-17(16)22(21-18)15-7-2-1-3-8-15/h4-6,11,15,20H,1-3,7-10,12H2. The van der Waals surface area contributed by atoms with Crippen molar-refractivity contribution in [3.63, 3.8) is 0 Å². The number of benzene rings is 1. The van der Waals surface area contributed by atoms with Crippen molar-refractivity contribution in [3.8, 4) is 11.3 Å². The number of nitrogens with one attached hydrogen (secondary N) is 1. The van der Waals surface area contributed by atoms with Crippen molar-refractivity contribution < 1.29 is 4.39 Å². The third kappa shape index (κ3) is 2.45. The summed E-state index contributed by atoms with van der Waals surface area (Å²) in [6.07, 6.45) is 7.42. The van der Waals surface area contributed by atoms with Crippen molar-refractivity contribution in [3.05, 3.63) is 41.3 Å². The smallest absolute Gasteiger partial charge is 0.123 e. The quantitative estimate of drug-likeness (QED) is 0.913. The van der Waals surface area contributed by atoms with Gasteiger partial charge in [0.25, 0.3) is 0 Å². The fourth-order valence-corrected chi connectivity index (χ4v) is 3.87. The highest BCUT2D eigenvalue weighted by molar-refractivity contribution is 5.64. The molecule has 4 rings (SSSR count). The lowest BCUT2D eigenvalue weighted by atomic mass is 9.95. The lowest BCUT2D eigenvalue weighted by molar-refractivity contribution is 0.320. The Morgan fingerprint density at radius 3 is 2.86 bits per heavy atom. The zero-order valence-electron chi connectivity index (χ0n) is 12.8. The van der Waals surface area contributed by atoms with Gasteiger partial charge in [-0.2, -0.15) is 5.10 Å². The number of nitrogens with zero attached hydrogens (tertiary/aromatic N) is 2. The van der Waals surface area contributed by atoms with E-state index in [4.69, 9.17) is 5.10 Å². The van der Waals surface area contributed by atoms with E-state index in [2.05, 4.69) is 10.00 Å². The molecule has 1 aliphatic heterocycles. The first kappa shape index (κ1) is 13.9. The predicted octanol–water partition coefficient (Wildman–Crippen LogP) is 3.84. The average Bonchev–Trinajstić information content (AvgIpc) is 2.95. The Balaban J connectivity index is 1.80. The summed E-state index contributed by atoms with van der Waals surface area (Å²) in [5.41, 5.74) is 4.49. The fourth-order valence-electron chi connectivity index (χ4n) is 3.87. The van der Waals surface area contributed by atoms with E-state index in [1.54, 1.807) is 12.1 Å². The van der Waals surface area contributed by atoms with Crippen molar-refractivity contribution in [1.29, 1.82) is 0 Å². The molecule has 2 aromatic rings. The molecule has 0 spiro atoms. The SMILES string of the molecule is Fc1cccc(-c2nn(C3CCCCC3)c3c2CNCC3)c1. The van der Waals surface area contributed by atoms with Crippen molar-refractivity contribution in [2.24, 2.45) is 0 Å². The highest BCUT2D eigenvalue weighted by atomic mass is 19.1. The van der Waals surface area contributed by atoms with E-state index in [0.29, 0.717) is 6.04 Å². The number of hydrogen-bond donors (Lipinski definition) is 1. The third-order valence-electron chi connectivity index (χ3n) is 4.98. The molecule has 1 aromatic heterocycles. The molecular formula is C18H22FN3. The topological polar surface area (TPSA) is 29.9 Å². The van der Waals surface area contributed by atoms with E-state index in [9.17, 15) is 4.39 Å². The van der Waals surface area contributed by atoms with Gasteiger partial charge in [0.2, 0.25) is 0 Å². The Bertz CT molecular complexity index is 671. The van der Waals surface area contributed by atoms with Gasteiger partial charge in [0, 0.05) is 36.3 Å². The summed E-state index contributed by atoms with van der Waals surface area (Å²) in [6, 6.07) is 7.36. The van der Waals surface area contributed by atoms with E-state index >= 15 is 0 Å². The van der Waals surface area contributed by atoms with Gasteiger partial charge in [0.15, 0.2) is 0 Å². The first-order chi connectivity index (χ1) is 10.8. The highest BCUT2D eigenvalue weighted by Gasteiger charge is 2.26. The first-order valence-electron chi connectivity index (χ1n) is 8.40. The van der Waals surface area contributed by atoms with Crippen LogP contribution in [0.3, 0.4) is 0 Å². The largest absolute Gasteiger partial charge is 0.312 e. The summed E-state index contributed by atoms with van der Waals surface area (Å²) in [5.74, 6) is -0.192.